The summed E-state index contributed by atoms with van der Waals surface area (Å²) in [7, 11) is 1.63. The van der Waals surface area contributed by atoms with Crippen LogP contribution in [0.2, 0.25) is 0 Å². The van der Waals surface area contributed by atoms with E-state index in [1.165, 1.54) is 0 Å². The number of nitrogens with zero attached hydrogens (tertiary/aromatic N) is 1. The highest BCUT2D eigenvalue weighted by atomic mass is 32.1. The third kappa shape index (κ3) is 2.87. The molecule has 1 aromatic carbocycles. The second-order valence-corrected chi connectivity index (χ2v) is 5.33. The van der Waals surface area contributed by atoms with Crippen molar-refractivity contribution in [3.05, 3.63) is 29.8 Å². The molecule has 1 fully saturated rings. The number of carbonyl (C=O) groups excluding carboxylic acids is 1. The highest BCUT2D eigenvalue weighted by Gasteiger charge is 2.36. The second kappa shape index (κ2) is 5.57. The second-order valence-electron chi connectivity index (χ2n) is 4.94. The first-order valence-electron chi connectivity index (χ1n) is 6.27. The van der Waals surface area contributed by atoms with Crippen molar-refractivity contribution in [2.24, 2.45) is 5.92 Å². The molecule has 0 bridgehead atoms. The van der Waals surface area contributed by atoms with E-state index in [4.69, 9.17) is 17.0 Å². The average molecular weight is 278 g/mol. The first-order chi connectivity index (χ1) is 9.02. The number of hydrogen-bond donors (Lipinski definition) is 1. The molecule has 102 valence electrons. The molecule has 1 atom stereocenters. The largest absolute Gasteiger partial charge is 0.497 e. The summed E-state index contributed by atoms with van der Waals surface area (Å²) in [5.74, 6) is 1.08. The zero-order valence-corrected chi connectivity index (χ0v) is 12.2. The van der Waals surface area contributed by atoms with Gasteiger partial charge in [0, 0.05) is 0 Å². The van der Waals surface area contributed by atoms with Crippen molar-refractivity contribution in [2.45, 2.75) is 26.4 Å². The SMILES string of the molecule is COc1ccc(CN2C(=O)[C@@H](C(C)C)NC2=S)cc1. The molecule has 0 aliphatic carbocycles. The first-order valence-corrected chi connectivity index (χ1v) is 6.68. The van der Waals surface area contributed by atoms with Crippen LogP contribution in [0.15, 0.2) is 24.3 Å². The quantitative estimate of drug-likeness (QED) is 0.855. The molecule has 1 aliphatic heterocycles. The monoisotopic (exact) mass is 278 g/mol. The van der Waals surface area contributed by atoms with E-state index in [1.54, 1.807) is 12.0 Å². The lowest BCUT2D eigenvalue weighted by atomic mass is 10.0. The zero-order chi connectivity index (χ0) is 14.0. The van der Waals surface area contributed by atoms with Gasteiger partial charge >= 0.3 is 0 Å². The predicted molar refractivity (Wildman–Crippen MR) is 77.9 cm³/mol. The maximum absolute atomic E-state index is 12.2. The highest BCUT2D eigenvalue weighted by Crippen LogP contribution is 2.18. The summed E-state index contributed by atoms with van der Waals surface area (Å²) < 4.78 is 5.11. The fourth-order valence-corrected chi connectivity index (χ4v) is 2.34. The summed E-state index contributed by atoms with van der Waals surface area (Å²) in [4.78, 5) is 13.9. The average Bonchev–Trinajstić information content (AvgIpc) is 2.68. The Labute approximate surface area is 118 Å². The molecule has 1 aliphatic rings. The summed E-state index contributed by atoms with van der Waals surface area (Å²) >= 11 is 5.23. The number of thiocarbonyl (C=S) groups is 1. The molecular weight excluding hydrogens is 260 g/mol. The Balaban J connectivity index is 2.10. The molecule has 1 amide bonds. The standard InChI is InChI=1S/C14H18N2O2S/c1-9(2)12-13(17)16(14(19)15-12)8-10-4-6-11(18-3)7-5-10/h4-7,9,12H,8H2,1-3H3,(H,15,19)/t12-/m1/s1. The molecule has 0 unspecified atom stereocenters. The maximum Gasteiger partial charge on any atom is 0.251 e. The van der Waals surface area contributed by atoms with Gasteiger partial charge in [-0.05, 0) is 35.8 Å². The Morgan fingerprint density at radius 3 is 2.47 bits per heavy atom. The van der Waals surface area contributed by atoms with E-state index < -0.39 is 0 Å². The van der Waals surface area contributed by atoms with E-state index >= 15 is 0 Å². The van der Waals surface area contributed by atoms with Gasteiger partial charge in [-0.1, -0.05) is 26.0 Å². The van der Waals surface area contributed by atoms with Crippen LogP contribution in [-0.2, 0) is 11.3 Å². The number of methoxy groups -OCH3 is 1. The lowest BCUT2D eigenvalue weighted by molar-refractivity contribution is -0.128. The minimum atomic E-state index is -0.203. The lowest BCUT2D eigenvalue weighted by Crippen LogP contribution is -2.34. The van der Waals surface area contributed by atoms with Gasteiger partial charge in [-0.15, -0.1) is 0 Å². The molecule has 5 heteroatoms. The van der Waals surface area contributed by atoms with Gasteiger partial charge in [0.05, 0.1) is 13.7 Å². The molecule has 2 rings (SSSR count). The molecule has 0 radical (unpaired) electrons. The van der Waals surface area contributed by atoms with Gasteiger partial charge < -0.3 is 10.1 Å². The van der Waals surface area contributed by atoms with Crippen molar-refractivity contribution in [1.29, 1.82) is 0 Å². The van der Waals surface area contributed by atoms with Crippen LogP contribution < -0.4 is 10.1 Å². The van der Waals surface area contributed by atoms with Crippen molar-refractivity contribution >= 4 is 23.2 Å². The zero-order valence-electron chi connectivity index (χ0n) is 11.3. The fraction of sp³-hybridized carbons (Fsp3) is 0.429. The Hall–Kier alpha value is -1.62. The molecule has 0 aromatic heterocycles. The van der Waals surface area contributed by atoms with Crippen LogP contribution in [0.4, 0.5) is 0 Å². The van der Waals surface area contributed by atoms with Crippen molar-refractivity contribution in [2.75, 3.05) is 7.11 Å². The molecule has 0 spiro atoms. The third-order valence-electron chi connectivity index (χ3n) is 3.22. The minimum absolute atomic E-state index is 0.0517. The van der Waals surface area contributed by atoms with Gasteiger partial charge in [-0.2, -0.15) is 0 Å². The van der Waals surface area contributed by atoms with Crippen molar-refractivity contribution < 1.29 is 9.53 Å². The predicted octanol–water partition coefficient (Wildman–Crippen LogP) is 1.94. The fourth-order valence-electron chi connectivity index (χ4n) is 2.06. The van der Waals surface area contributed by atoms with Crippen molar-refractivity contribution in [3.8, 4) is 5.75 Å². The normalized spacial score (nSPS) is 18.9. The number of hydrogen-bond acceptors (Lipinski definition) is 3. The highest BCUT2D eigenvalue weighted by molar-refractivity contribution is 7.80. The Kier molecular flexibility index (Phi) is 4.04. The topological polar surface area (TPSA) is 41.6 Å². The Bertz CT molecular complexity index is 485. The van der Waals surface area contributed by atoms with Crippen LogP contribution in [0.3, 0.4) is 0 Å². The van der Waals surface area contributed by atoms with Gasteiger partial charge in [-0.3, -0.25) is 9.69 Å². The van der Waals surface area contributed by atoms with E-state index in [-0.39, 0.29) is 17.9 Å². The van der Waals surface area contributed by atoms with Crippen molar-refractivity contribution in [3.63, 3.8) is 0 Å². The lowest BCUT2D eigenvalue weighted by Gasteiger charge is -2.16. The number of rotatable bonds is 4. The molecule has 19 heavy (non-hydrogen) atoms. The summed E-state index contributed by atoms with van der Waals surface area (Å²) in [5, 5.41) is 3.59. The maximum atomic E-state index is 12.2. The molecule has 0 saturated carbocycles. The summed E-state index contributed by atoms with van der Waals surface area (Å²) in [6.07, 6.45) is 0. The Morgan fingerprint density at radius 1 is 1.37 bits per heavy atom. The number of carbonyl (C=O) groups is 1. The van der Waals surface area contributed by atoms with Gasteiger partial charge in [0.2, 0.25) is 0 Å². The molecule has 1 aromatic rings. The van der Waals surface area contributed by atoms with Gasteiger partial charge in [-0.25, -0.2) is 0 Å². The van der Waals surface area contributed by atoms with Crippen LogP contribution in [0, 0.1) is 5.92 Å². The van der Waals surface area contributed by atoms with Crippen molar-refractivity contribution in [1.82, 2.24) is 10.2 Å². The number of amides is 1. The van der Waals surface area contributed by atoms with Gasteiger partial charge in [0.15, 0.2) is 5.11 Å². The van der Waals surface area contributed by atoms with Crippen LogP contribution in [0.5, 0.6) is 5.75 Å². The molecule has 4 nitrogen and oxygen atoms in total. The van der Waals surface area contributed by atoms with E-state index in [2.05, 4.69) is 5.32 Å². The van der Waals surface area contributed by atoms with Crippen LogP contribution in [-0.4, -0.2) is 29.1 Å². The van der Waals surface area contributed by atoms with Gasteiger partial charge in [0.1, 0.15) is 11.8 Å². The third-order valence-corrected chi connectivity index (χ3v) is 3.56. The Morgan fingerprint density at radius 2 is 2.00 bits per heavy atom. The molecular formula is C14H18N2O2S. The summed E-state index contributed by atoms with van der Waals surface area (Å²) in [5.41, 5.74) is 1.03. The smallest absolute Gasteiger partial charge is 0.251 e. The number of benzene rings is 1. The molecule has 1 heterocycles. The molecule has 1 saturated heterocycles. The van der Waals surface area contributed by atoms with Crippen LogP contribution in [0.1, 0.15) is 19.4 Å². The number of nitrogens with one attached hydrogen (secondary N) is 1. The van der Waals surface area contributed by atoms with Crippen LogP contribution >= 0.6 is 12.2 Å². The minimum Gasteiger partial charge on any atom is -0.497 e. The first kappa shape index (κ1) is 13.8. The molecule has 1 N–H and O–H groups in total. The van der Waals surface area contributed by atoms with E-state index in [0.29, 0.717) is 11.7 Å². The van der Waals surface area contributed by atoms with E-state index in [1.807, 2.05) is 38.1 Å². The van der Waals surface area contributed by atoms with E-state index in [9.17, 15) is 4.79 Å². The van der Waals surface area contributed by atoms with Gasteiger partial charge in [0.25, 0.3) is 5.91 Å². The van der Waals surface area contributed by atoms with E-state index in [0.717, 1.165) is 11.3 Å². The number of ether oxygens (including phenoxy) is 1. The summed E-state index contributed by atoms with van der Waals surface area (Å²) in [6.45, 7) is 4.52. The summed E-state index contributed by atoms with van der Waals surface area (Å²) in [6, 6.07) is 7.44. The van der Waals surface area contributed by atoms with Crippen LogP contribution in [0.25, 0.3) is 0 Å².